The smallest absolute Gasteiger partial charge is 0.234 e. The highest BCUT2D eigenvalue weighted by Gasteiger charge is 2.23. The lowest BCUT2D eigenvalue weighted by molar-refractivity contribution is -0.123. The van der Waals surface area contributed by atoms with E-state index in [-0.39, 0.29) is 18.0 Å². The minimum Gasteiger partial charge on any atom is -0.353 e. The third-order valence-electron chi connectivity index (χ3n) is 4.57. The summed E-state index contributed by atoms with van der Waals surface area (Å²) in [6, 6.07) is 0.569. The van der Waals surface area contributed by atoms with Crippen LogP contribution in [0.15, 0.2) is 0 Å². The zero-order valence-electron chi connectivity index (χ0n) is 14.4. The van der Waals surface area contributed by atoms with E-state index in [1.807, 2.05) is 0 Å². The van der Waals surface area contributed by atoms with E-state index in [1.54, 1.807) is 0 Å². The molecule has 1 fully saturated rings. The van der Waals surface area contributed by atoms with Crippen molar-refractivity contribution in [3.8, 4) is 0 Å². The van der Waals surface area contributed by atoms with E-state index in [0.717, 1.165) is 38.3 Å². The summed E-state index contributed by atoms with van der Waals surface area (Å²) in [7, 11) is 0. The number of nitrogens with zero attached hydrogens (tertiary/aromatic N) is 1. The Morgan fingerprint density at radius 2 is 1.81 bits per heavy atom. The monoisotopic (exact) mass is 297 g/mol. The van der Waals surface area contributed by atoms with Crippen molar-refractivity contribution in [2.75, 3.05) is 19.6 Å². The Kier molecular flexibility index (Phi) is 8.27. The molecule has 124 valence electrons. The number of nitrogens with two attached hydrogens (primary N) is 1. The van der Waals surface area contributed by atoms with Gasteiger partial charge >= 0.3 is 0 Å². The van der Waals surface area contributed by atoms with Gasteiger partial charge in [-0.1, -0.05) is 26.7 Å². The van der Waals surface area contributed by atoms with Gasteiger partial charge in [-0.25, -0.2) is 0 Å². The van der Waals surface area contributed by atoms with E-state index in [9.17, 15) is 4.79 Å². The standard InChI is InChI=1S/C17H35N3O/c1-13(2)6-5-7-14(3)19-17(21)12-20-10-8-16(9-11-20)15(4)18/h13-16H,5-12,18H2,1-4H3,(H,19,21). The maximum absolute atomic E-state index is 12.1. The van der Waals surface area contributed by atoms with Crippen LogP contribution in [-0.2, 0) is 4.79 Å². The van der Waals surface area contributed by atoms with Gasteiger partial charge in [-0.15, -0.1) is 0 Å². The summed E-state index contributed by atoms with van der Waals surface area (Å²) in [5.41, 5.74) is 5.95. The van der Waals surface area contributed by atoms with Gasteiger partial charge in [-0.2, -0.15) is 0 Å². The molecule has 1 aliphatic rings. The molecule has 0 radical (unpaired) electrons. The van der Waals surface area contributed by atoms with Crippen molar-refractivity contribution in [1.29, 1.82) is 0 Å². The number of likely N-dealkylation sites (tertiary alicyclic amines) is 1. The normalized spacial score (nSPS) is 20.5. The van der Waals surface area contributed by atoms with Crippen molar-refractivity contribution in [3.05, 3.63) is 0 Å². The van der Waals surface area contributed by atoms with E-state index in [4.69, 9.17) is 5.73 Å². The van der Waals surface area contributed by atoms with Crippen LogP contribution in [0.3, 0.4) is 0 Å². The largest absolute Gasteiger partial charge is 0.353 e. The lowest BCUT2D eigenvalue weighted by atomic mass is 9.91. The number of hydrogen-bond acceptors (Lipinski definition) is 3. The summed E-state index contributed by atoms with van der Waals surface area (Å²) in [5.74, 6) is 1.55. The molecule has 1 heterocycles. The van der Waals surface area contributed by atoms with E-state index < -0.39 is 0 Å². The highest BCUT2D eigenvalue weighted by Crippen LogP contribution is 2.19. The SMILES string of the molecule is CC(C)CCCC(C)NC(=O)CN1CCC(C(C)N)CC1. The lowest BCUT2D eigenvalue weighted by Gasteiger charge is -2.33. The average Bonchev–Trinajstić information content (AvgIpc) is 2.38. The molecule has 0 saturated carbocycles. The highest BCUT2D eigenvalue weighted by atomic mass is 16.2. The molecule has 1 saturated heterocycles. The number of carbonyl (C=O) groups excluding carboxylic acids is 1. The second-order valence-corrected chi connectivity index (χ2v) is 7.27. The molecule has 0 aromatic heterocycles. The first-order valence-electron chi connectivity index (χ1n) is 8.65. The zero-order chi connectivity index (χ0) is 15.8. The first kappa shape index (κ1) is 18.4. The van der Waals surface area contributed by atoms with Gasteiger partial charge < -0.3 is 11.1 Å². The number of nitrogens with one attached hydrogen (secondary N) is 1. The first-order chi connectivity index (χ1) is 9.88. The summed E-state index contributed by atoms with van der Waals surface area (Å²) in [5, 5.41) is 3.13. The molecule has 2 unspecified atom stereocenters. The maximum atomic E-state index is 12.1. The molecule has 3 N–H and O–H groups in total. The predicted octanol–water partition coefficient (Wildman–Crippen LogP) is 2.38. The van der Waals surface area contributed by atoms with Crippen molar-refractivity contribution >= 4 is 5.91 Å². The fourth-order valence-corrected chi connectivity index (χ4v) is 3.06. The maximum Gasteiger partial charge on any atom is 0.234 e. The van der Waals surface area contributed by atoms with Gasteiger partial charge in [0.15, 0.2) is 0 Å². The Morgan fingerprint density at radius 1 is 1.19 bits per heavy atom. The van der Waals surface area contributed by atoms with Gasteiger partial charge in [-0.3, -0.25) is 9.69 Å². The fraction of sp³-hybridized carbons (Fsp3) is 0.941. The van der Waals surface area contributed by atoms with Crippen LogP contribution in [-0.4, -0.2) is 42.5 Å². The molecule has 0 aliphatic carbocycles. The van der Waals surface area contributed by atoms with E-state index in [2.05, 4.69) is 37.9 Å². The van der Waals surface area contributed by atoms with E-state index in [1.165, 1.54) is 12.8 Å². The molecule has 1 aliphatic heterocycles. The molecular formula is C17H35N3O. The molecule has 2 atom stereocenters. The van der Waals surface area contributed by atoms with E-state index in [0.29, 0.717) is 12.5 Å². The Labute approximate surface area is 130 Å². The summed E-state index contributed by atoms with van der Waals surface area (Å²) in [6.07, 6.45) is 5.75. The Balaban J connectivity index is 2.16. The average molecular weight is 297 g/mol. The topological polar surface area (TPSA) is 58.4 Å². The Bertz CT molecular complexity index is 296. The van der Waals surface area contributed by atoms with Crippen LogP contribution < -0.4 is 11.1 Å². The van der Waals surface area contributed by atoms with Crippen LogP contribution in [0.2, 0.25) is 0 Å². The van der Waals surface area contributed by atoms with Gasteiger partial charge in [0.05, 0.1) is 6.54 Å². The Morgan fingerprint density at radius 3 is 2.33 bits per heavy atom. The molecule has 4 nitrogen and oxygen atoms in total. The van der Waals surface area contributed by atoms with Gasteiger partial charge in [0.25, 0.3) is 0 Å². The van der Waals surface area contributed by atoms with Crippen LogP contribution in [0.5, 0.6) is 0 Å². The molecule has 4 heteroatoms. The minimum absolute atomic E-state index is 0.172. The van der Waals surface area contributed by atoms with Crippen molar-refractivity contribution < 1.29 is 4.79 Å². The van der Waals surface area contributed by atoms with Crippen LogP contribution in [0, 0.1) is 11.8 Å². The predicted molar refractivity (Wildman–Crippen MR) is 89.1 cm³/mol. The van der Waals surface area contributed by atoms with Crippen LogP contribution >= 0.6 is 0 Å². The third-order valence-corrected chi connectivity index (χ3v) is 4.57. The molecule has 1 amide bonds. The number of rotatable bonds is 8. The second kappa shape index (κ2) is 9.42. The number of amides is 1. The van der Waals surface area contributed by atoms with Crippen LogP contribution in [0.25, 0.3) is 0 Å². The van der Waals surface area contributed by atoms with Gasteiger partial charge in [-0.05, 0) is 58.0 Å². The molecule has 0 spiro atoms. The van der Waals surface area contributed by atoms with Crippen molar-refractivity contribution in [3.63, 3.8) is 0 Å². The summed E-state index contributed by atoms with van der Waals surface area (Å²) >= 11 is 0. The van der Waals surface area contributed by atoms with Crippen LogP contribution in [0.4, 0.5) is 0 Å². The minimum atomic E-state index is 0.172. The Hall–Kier alpha value is -0.610. The highest BCUT2D eigenvalue weighted by molar-refractivity contribution is 5.78. The van der Waals surface area contributed by atoms with Crippen molar-refractivity contribution in [1.82, 2.24) is 10.2 Å². The third kappa shape index (κ3) is 7.82. The number of carbonyl (C=O) groups is 1. The quantitative estimate of drug-likeness (QED) is 0.723. The number of piperidine rings is 1. The van der Waals surface area contributed by atoms with Gasteiger partial charge in [0.2, 0.25) is 5.91 Å². The van der Waals surface area contributed by atoms with E-state index >= 15 is 0 Å². The summed E-state index contributed by atoms with van der Waals surface area (Å²) < 4.78 is 0. The fourth-order valence-electron chi connectivity index (χ4n) is 3.06. The van der Waals surface area contributed by atoms with Crippen molar-refractivity contribution in [2.45, 2.75) is 71.9 Å². The summed E-state index contributed by atoms with van der Waals surface area (Å²) in [4.78, 5) is 14.3. The summed E-state index contributed by atoms with van der Waals surface area (Å²) in [6.45, 7) is 11.2. The second-order valence-electron chi connectivity index (χ2n) is 7.27. The van der Waals surface area contributed by atoms with Crippen molar-refractivity contribution in [2.24, 2.45) is 17.6 Å². The molecular weight excluding hydrogens is 262 g/mol. The van der Waals surface area contributed by atoms with Crippen LogP contribution in [0.1, 0.15) is 59.8 Å². The number of hydrogen-bond donors (Lipinski definition) is 2. The molecule has 0 bridgehead atoms. The lowest BCUT2D eigenvalue weighted by Crippen LogP contribution is -2.45. The zero-order valence-corrected chi connectivity index (χ0v) is 14.4. The first-order valence-corrected chi connectivity index (χ1v) is 8.65. The molecule has 1 rings (SSSR count). The molecule has 21 heavy (non-hydrogen) atoms. The van der Waals surface area contributed by atoms with Gasteiger partial charge in [0, 0.05) is 12.1 Å². The molecule has 0 aromatic rings. The van der Waals surface area contributed by atoms with Gasteiger partial charge in [0.1, 0.15) is 0 Å². The molecule has 0 aromatic carbocycles.